The highest BCUT2D eigenvalue weighted by molar-refractivity contribution is 5.72. The number of rotatable bonds is 3. The lowest BCUT2D eigenvalue weighted by Gasteiger charge is -2.25. The molecule has 0 unspecified atom stereocenters. The summed E-state index contributed by atoms with van der Waals surface area (Å²) >= 11 is 0. The predicted molar refractivity (Wildman–Crippen MR) is 62.3 cm³/mol. The van der Waals surface area contributed by atoms with Gasteiger partial charge in [-0.15, -0.1) is 0 Å². The minimum atomic E-state index is -0.231. The largest absolute Gasteiger partial charge is 0.462 e. The van der Waals surface area contributed by atoms with Crippen molar-refractivity contribution in [2.45, 2.75) is 44.3 Å². The van der Waals surface area contributed by atoms with E-state index in [9.17, 15) is 9.90 Å². The molecule has 1 heterocycles. The number of aromatic nitrogens is 1. The van der Waals surface area contributed by atoms with Crippen LogP contribution in [0.15, 0.2) is 24.4 Å². The van der Waals surface area contributed by atoms with Crippen LogP contribution in [0.5, 0.6) is 0 Å². The van der Waals surface area contributed by atoms with Gasteiger partial charge in [0.25, 0.3) is 0 Å². The molecule has 0 spiro atoms. The van der Waals surface area contributed by atoms with Crippen LogP contribution >= 0.6 is 0 Å². The van der Waals surface area contributed by atoms with E-state index in [1.165, 1.54) is 0 Å². The van der Waals surface area contributed by atoms with Gasteiger partial charge in [0.1, 0.15) is 6.10 Å². The van der Waals surface area contributed by atoms with E-state index in [0.717, 1.165) is 31.4 Å². The van der Waals surface area contributed by atoms with E-state index in [1.54, 1.807) is 6.20 Å². The summed E-state index contributed by atoms with van der Waals surface area (Å²) in [6.07, 6.45) is 4.60. The molecule has 17 heavy (non-hydrogen) atoms. The summed E-state index contributed by atoms with van der Waals surface area (Å²) in [6, 6.07) is 5.48. The van der Waals surface area contributed by atoms with Crippen LogP contribution < -0.4 is 0 Å². The molecule has 0 aromatic carbocycles. The summed E-state index contributed by atoms with van der Waals surface area (Å²) in [5.74, 6) is -0.231. The lowest BCUT2D eigenvalue weighted by Crippen LogP contribution is -2.27. The van der Waals surface area contributed by atoms with Crippen LogP contribution in [0.3, 0.4) is 0 Å². The molecule has 1 aromatic heterocycles. The zero-order valence-electron chi connectivity index (χ0n) is 9.71. The maximum atomic E-state index is 11.6. The van der Waals surface area contributed by atoms with Crippen LogP contribution in [0.25, 0.3) is 0 Å². The van der Waals surface area contributed by atoms with Gasteiger partial charge in [0.05, 0.1) is 18.2 Å². The highest BCUT2D eigenvalue weighted by Gasteiger charge is 2.22. The van der Waals surface area contributed by atoms with Crippen LogP contribution in [0.4, 0.5) is 0 Å². The lowest BCUT2D eigenvalue weighted by molar-refractivity contribution is -0.150. The van der Waals surface area contributed by atoms with E-state index in [2.05, 4.69) is 4.98 Å². The average molecular weight is 235 g/mol. The minimum Gasteiger partial charge on any atom is -0.462 e. The molecule has 0 amide bonds. The van der Waals surface area contributed by atoms with Crippen LogP contribution in [0.2, 0.25) is 0 Å². The number of esters is 1. The molecule has 1 saturated carbocycles. The quantitative estimate of drug-likeness (QED) is 0.806. The minimum absolute atomic E-state index is 0.0328. The first kappa shape index (κ1) is 12.0. The molecule has 1 aliphatic rings. The summed E-state index contributed by atoms with van der Waals surface area (Å²) in [7, 11) is 0. The first-order chi connectivity index (χ1) is 8.24. The van der Waals surface area contributed by atoms with Crippen LogP contribution in [-0.4, -0.2) is 28.3 Å². The maximum Gasteiger partial charge on any atom is 0.312 e. The van der Waals surface area contributed by atoms with Crippen molar-refractivity contribution >= 4 is 5.97 Å². The van der Waals surface area contributed by atoms with Gasteiger partial charge in [-0.05, 0) is 37.8 Å². The monoisotopic (exact) mass is 235 g/mol. The SMILES string of the molecule is O=C(Cc1ccccn1)OC1CCC(O)CC1. The van der Waals surface area contributed by atoms with Gasteiger partial charge in [0.2, 0.25) is 0 Å². The second-order valence-electron chi connectivity index (χ2n) is 4.42. The molecule has 4 heteroatoms. The first-order valence-corrected chi connectivity index (χ1v) is 6.01. The van der Waals surface area contributed by atoms with Crippen LogP contribution in [0, 0.1) is 0 Å². The molecule has 1 aliphatic carbocycles. The Morgan fingerprint density at radius 2 is 2.12 bits per heavy atom. The number of ether oxygens (including phenoxy) is 1. The Kier molecular flexibility index (Phi) is 4.09. The summed E-state index contributed by atoms with van der Waals surface area (Å²) in [4.78, 5) is 15.7. The van der Waals surface area contributed by atoms with Gasteiger partial charge >= 0.3 is 5.97 Å². The summed E-state index contributed by atoms with van der Waals surface area (Å²) in [5.41, 5.74) is 0.730. The third-order valence-corrected chi connectivity index (χ3v) is 2.99. The molecule has 1 aromatic rings. The van der Waals surface area contributed by atoms with E-state index >= 15 is 0 Å². The number of aliphatic hydroxyl groups excluding tert-OH is 1. The molecular weight excluding hydrogens is 218 g/mol. The molecule has 0 saturated heterocycles. The Hall–Kier alpha value is -1.42. The summed E-state index contributed by atoms with van der Waals surface area (Å²) in [5, 5.41) is 9.35. The number of hydrogen-bond acceptors (Lipinski definition) is 4. The number of carbonyl (C=O) groups is 1. The average Bonchev–Trinajstić information content (AvgIpc) is 2.33. The second-order valence-corrected chi connectivity index (χ2v) is 4.42. The van der Waals surface area contributed by atoms with Gasteiger partial charge in [-0.3, -0.25) is 9.78 Å². The Labute approximate surface area is 101 Å². The van der Waals surface area contributed by atoms with Gasteiger partial charge in [0, 0.05) is 6.20 Å². The van der Waals surface area contributed by atoms with E-state index in [1.807, 2.05) is 18.2 Å². The number of nitrogens with zero attached hydrogens (tertiary/aromatic N) is 1. The predicted octanol–water partition coefficient (Wildman–Crippen LogP) is 1.47. The maximum absolute atomic E-state index is 11.6. The molecule has 2 rings (SSSR count). The molecule has 1 fully saturated rings. The van der Waals surface area contributed by atoms with Gasteiger partial charge in [0.15, 0.2) is 0 Å². The fraction of sp³-hybridized carbons (Fsp3) is 0.538. The first-order valence-electron chi connectivity index (χ1n) is 6.01. The highest BCUT2D eigenvalue weighted by Crippen LogP contribution is 2.21. The molecule has 1 N–H and O–H groups in total. The summed E-state index contributed by atoms with van der Waals surface area (Å²) in [6.45, 7) is 0. The van der Waals surface area contributed by atoms with Crippen LogP contribution in [-0.2, 0) is 16.0 Å². The number of hydrogen-bond donors (Lipinski definition) is 1. The van der Waals surface area contributed by atoms with E-state index in [-0.39, 0.29) is 24.6 Å². The molecule has 0 bridgehead atoms. The van der Waals surface area contributed by atoms with E-state index in [4.69, 9.17) is 4.74 Å². The van der Waals surface area contributed by atoms with Gasteiger partial charge in [-0.1, -0.05) is 6.07 Å². The Bertz CT molecular complexity index is 358. The number of pyridine rings is 1. The van der Waals surface area contributed by atoms with Gasteiger partial charge in [-0.25, -0.2) is 0 Å². The topological polar surface area (TPSA) is 59.4 Å². The van der Waals surface area contributed by atoms with E-state index in [0.29, 0.717) is 0 Å². The second kappa shape index (κ2) is 5.77. The van der Waals surface area contributed by atoms with Gasteiger partial charge in [-0.2, -0.15) is 0 Å². The van der Waals surface area contributed by atoms with Crippen molar-refractivity contribution < 1.29 is 14.6 Å². The molecule has 92 valence electrons. The molecule has 4 nitrogen and oxygen atoms in total. The normalized spacial score (nSPS) is 24.3. The van der Waals surface area contributed by atoms with Crippen molar-refractivity contribution in [3.63, 3.8) is 0 Å². The van der Waals surface area contributed by atoms with Crippen molar-refractivity contribution in [1.29, 1.82) is 0 Å². The fourth-order valence-corrected chi connectivity index (χ4v) is 2.04. The zero-order chi connectivity index (χ0) is 12.1. The van der Waals surface area contributed by atoms with Crippen molar-refractivity contribution in [3.8, 4) is 0 Å². The Morgan fingerprint density at radius 1 is 1.35 bits per heavy atom. The Balaban J connectivity index is 1.78. The third-order valence-electron chi connectivity index (χ3n) is 2.99. The Morgan fingerprint density at radius 3 is 2.76 bits per heavy atom. The van der Waals surface area contributed by atoms with Crippen molar-refractivity contribution in [2.75, 3.05) is 0 Å². The standard InChI is InChI=1S/C13H17NO3/c15-11-4-6-12(7-5-11)17-13(16)9-10-3-1-2-8-14-10/h1-3,8,11-12,15H,4-7,9H2. The zero-order valence-corrected chi connectivity index (χ0v) is 9.71. The van der Waals surface area contributed by atoms with E-state index < -0.39 is 0 Å². The van der Waals surface area contributed by atoms with Crippen molar-refractivity contribution in [3.05, 3.63) is 30.1 Å². The number of carbonyl (C=O) groups excluding carboxylic acids is 1. The highest BCUT2D eigenvalue weighted by atomic mass is 16.5. The molecule has 0 radical (unpaired) electrons. The number of aliphatic hydroxyl groups is 1. The van der Waals surface area contributed by atoms with Crippen molar-refractivity contribution in [2.24, 2.45) is 0 Å². The molecule has 0 atom stereocenters. The fourth-order valence-electron chi connectivity index (χ4n) is 2.04. The van der Waals surface area contributed by atoms with Crippen LogP contribution in [0.1, 0.15) is 31.4 Å². The molecule has 0 aliphatic heterocycles. The van der Waals surface area contributed by atoms with Crippen molar-refractivity contribution in [1.82, 2.24) is 4.98 Å². The third kappa shape index (κ3) is 3.82. The van der Waals surface area contributed by atoms with Gasteiger partial charge < -0.3 is 9.84 Å². The lowest BCUT2D eigenvalue weighted by atomic mass is 9.95. The smallest absolute Gasteiger partial charge is 0.312 e. The molecular formula is C13H17NO3. The summed E-state index contributed by atoms with van der Waals surface area (Å²) < 4.78 is 5.35.